The topological polar surface area (TPSA) is 36.9 Å². The van der Waals surface area contributed by atoms with E-state index in [2.05, 4.69) is 19.1 Å². The van der Waals surface area contributed by atoms with Crippen molar-refractivity contribution in [3.8, 4) is 0 Å². The van der Waals surface area contributed by atoms with Gasteiger partial charge in [-0.25, -0.2) is 0 Å². The summed E-state index contributed by atoms with van der Waals surface area (Å²) in [7, 11) is 1.71. The van der Waals surface area contributed by atoms with Crippen molar-refractivity contribution in [3.63, 3.8) is 0 Å². The zero-order valence-corrected chi connectivity index (χ0v) is 11.4. The Kier molecular flexibility index (Phi) is 3.84. The lowest BCUT2D eigenvalue weighted by atomic mass is 10.0. The molecule has 4 nitrogen and oxygen atoms in total. The van der Waals surface area contributed by atoms with Crippen molar-refractivity contribution in [1.82, 2.24) is 0 Å². The van der Waals surface area contributed by atoms with Crippen LogP contribution in [0.15, 0.2) is 24.3 Å². The van der Waals surface area contributed by atoms with Crippen molar-refractivity contribution in [2.24, 2.45) is 0 Å². The quantitative estimate of drug-likeness (QED) is 0.834. The van der Waals surface area contributed by atoms with Crippen molar-refractivity contribution in [3.05, 3.63) is 35.4 Å². The molecule has 0 unspecified atom stereocenters. The standard InChI is InChI=1S/C15H20O4/c1-10-5-3-4-6-11(10)8-17-13-7-12(16-2)14-9-18-15(13)19-14/h3-6,12-15H,7-9H2,1-2H3/t12-,13+,14+,15+/m0/s1. The highest BCUT2D eigenvalue weighted by Crippen LogP contribution is 2.31. The first-order valence-electron chi connectivity index (χ1n) is 6.74. The van der Waals surface area contributed by atoms with E-state index < -0.39 is 0 Å². The summed E-state index contributed by atoms with van der Waals surface area (Å²) in [5, 5.41) is 0. The minimum Gasteiger partial charge on any atom is -0.379 e. The van der Waals surface area contributed by atoms with Gasteiger partial charge in [-0.15, -0.1) is 0 Å². The number of hydrogen-bond donors (Lipinski definition) is 0. The van der Waals surface area contributed by atoms with Gasteiger partial charge in [0.05, 0.1) is 19.3 Å². The molecule has 2 fully saturated rings. The number of rotatable bonds is 4. The summed E-state index contributed by atoms with van der Waals surface area (Å²) in [6.07, 6.45) is 0.676. The van der Waals surface area contributed by atoms with Crippen LogP contribution in [0.25, 0.3) is 0 Å². The Labute approximate surface area is 113 Å². The highest BCUT2D eigenvalue weighted by atomic mass is 16.7. The van der Waals surface area contributed by atoms with Crippen LogP contribution in [-0.2, 0) is 25.6 Å². The fourth-order valence-electron chi connectivity index (χ4n) is 2.69. The van der Waals surface area contributed by atoms with E-state index >= 15 is 0 Å². The summed E-state index contributed by atoms with van der Waals surface area (Å²) in [5.41, 5.74) is 2.45. The van der Waals surface area contributed by atoms with E-state index in [1.54, 1.807) is 7.11 Å². The van der Waals surface area contributed by atoms with Crippen molar-refractivity contribution < 1.29 is 18.9 Å². The first kappa shape index (κ1) is 13.1. The average molecular weight is 264 g/mol. The van der Waals surface area contributed by atoms with Crippen molar-refractivity contribution in [2.75, 3.05) is 13.7 Å². The largest absolute Gasteiger partial charge is 0.379 e. The summed E-state index contributed by atoms with van der Waals surface area (Å²) in [4.78, 5) is 0. The summed E-state index contributed by atoms with van der Waals surface area (Å²) in [6, 6.07) is 8.25. The Hall–Kier alpha value is -0.940. The van der Waals surface area contributed by atoms with E-state index in [0.29, 0.717) is 13.2 Å². The molecule has 0 aromatic heterocycles. The lowest BCUT2D eigenvalue weighted by Gasteiger charge is -2.32. The zero-order chi connectivity index (χ0) is 13.2. The number of ether oxygens (including phenoxy) is 4. The van der Waals surface area contributed by atoms with Gasteiger partial charge in [-0.2, -0.15) is 0 Å². The monoisotopic (exact) mass is 264 g/mol. The molecule has 19 heavy (non-hydrogen) atoms. The lowest BCUT2D eigenvalue weighted by molar-refractivity contribution is -0.205. The molecular formula is C15H20O4. The molecule has 0 aliphatic carbocycles. The van der Waals surface area contributed by atoms with Crippen LogP contribution in [0.2, 0.25) is 0 Å². The second kappa shape index (κ2) is 5.59. The van der Waals surface area contributed by atoms with Gasteiger partial charge < -0.3 is 18.9 Å². The van der Waals surface area contributed by atoms with Gasteiger partial charge in [0.15, 0.2) is 6.29 Å². The molecule has 0 N–H and O–H groups in total. The first-order chi connectivity index (χ1) is 9.28. The molecule has 1 aromatic rings. The minimum absolute atomic E-state index is 0.0525. The minimum atomic E-state index is -0.236. The molecule has 2 aliphatic rings. The van der Waals surface area contributed by atoms with E-state index in [4.69, 9.17) is 18.9 Å². The molecular weight excluding hydrogens is 244 g/mol. The molecule has 0 radical (unpaired) electrons. The molecule has 4 atom stereocenters. The molecule has 3 rings (SSSR count). The Morgan fingerprint density at radius 1 is 1.26 bits per heavy atom. The van der Waals surface area contributed by atoms with Gasteiger partial charge >= 0.3 is 0 Å². The maximum atomic E-state index is 5.98. The van der Waals surface area contributed by atoms with Crippen LogP contribution in [0.4, 0.5) is 0 Å². The fourth-order valence-corrected chi connectivity index (χ4v) is 2.69. The first-order valence-corrected chi connectivity index (χ1v) is 6.74. The van der Waals surface area contributed by atoms with Gasteiger partial charge in [0.1, 0.15) is 12.2 Å². The molecule has 0 spiro atoms. The van der Waals surface area contributed by atoms with E-state index in [9.17, 15) is 0 Å². The third-order valence-electron chi connectivity index (χ3n) is 3.93. The molecule has 2 saturated heterocycles. The third kappa shape index (κ3) is 2.67. The highest BCUT2D eigenvalue weighted by molar-refractivity contribution is 5.24. The molecule has 1 aromatic carbocycles. The maximum Gasteiger partial charge on any atom is 0.184 e. The van der Waals surface area contributed by atoms with E-state index in [0.717, 1.165) is 6.42 Å². The van der Waals surface area contributed by atoms with Crippen LogP contribution in [0.1, 0.15) is 17.5 Å². The Bertz CT molecular complexity index is 434. The number of benzene rings is 1. The van der Waals surface area contributed by atoms with Crippen molar-refractivity contribution in [1.29, 1.82) is 0 Å². The van der Waals surface area contributed by atoms with Gasteiger partial charge in [0.2, 0.25) is 0 Å². The number of methoxy groups -OCH3 is 1. The van der Waals surface area contributed by atoms with Gasteiger partial charge in [-0.3, -0.25) is 0 Å². The van der Waals surface area contributed by atoms with Crippen LogP contribution in [-0.4, -0.2) is 38.3 Å². The van der Waals surface area contributed by atoms with Gasteiger partial charge in [0, 0.05) is 13.5 Å². The molecule has 4 heteroatoms. The smallest absolute Gasteiger partial charge is 0.184 e. The normalized spacial score (nSPS) is 33.6. The number of hydrogen-bond acceptors (Lipinski definition) is 4. The van der Waals surface area contributed by atoms with Crippen LogP contribution in [0.3, 0.4) is 0 Å². The molecule has 104 valence electrons. The Balaban J connectivity index is 1.62. The van der Waals surface area contributed by atoms with Crippen LogP contribution in [0.5, 0.6) is 0 Å². The highest BCUT2D eigenvalue weighted by Gasteiger charge is 2.44. The molecule has 0 amide bonds. The SMILES string of the molecule is CO[C@H]1C[C@@H](OCc2ccccc2C)[C@@H]2OC[C@H]1O2. The van der Waals surface area contributed by atoms with E-state index in [-0.39, 0.29) is 24.6 Å². The number of fused-ring (bicyclic) bond motifs is 2. The predicted molar refractivity (Wildman–Crippen MR) is 69.8 cm³/mol. The van der Waals surface area contributed by atoms with E-state index in [1.807, 2.05) is 12.1 Å². The zero-order valence-electron chi connectivity index (χ0n) is 11.4. The summed E-state index contributed by atoms with van der Waals surface area (Å²) >= 11 is 0. The molecule has 2 bridgehead atoms. The summed E-state index contributed by atoms with van der Waals surface area (Å²) in [6.45, 7) is 3.28. The molecule has 2 heterocycles. The van der Waals surface area contributed by atoms with Crippen molar-refractivity contribution in [2.45, 2.75) is 44.6 Å². The predicted octanol–water partition coefficient (Wildman–Crippen LogP) is 2.04. The Morgan fingerprint density at radius 3 is 2.89 bits per heavy atom. The van der Waals surface area contributed by atoms with Gasteiger partial charge in [-0.05, 0) is 18.1 Å². The summed E-state index contributed by atoms with van der Waals surface area (Å²) in [5.74, 6) is 0. The van der Waals surface area contributed by atoms with Crippen LogP contribution >= 0.6 is 0 Å². The Morgan fingerprint density at radius 2 is 2.11 bits per heavy atom. The van der Waals surface area contributed by atoms with Crippen LogP contribution in [0, 0.1) is 6.92 Å². The van der Waals surface area contributed by atoms with Crippen molar-refractivity contribution >= 4 is 0 Å². The fraction of sp³-hybridized carbons (Fsp3) is 0.600. The van der Waals surface area contributed by atoms with Gasteiger partial charge in [-0.1, -0.05) is 24.3 Å². The van der Waals surface area contributed by atoms with Crippen LogP contribution < -0.4 is 0 Å². The lowest BCUT2D eigenvalue weighted by Crippen LogP contribution is -2.44. The summed E-state index contributed by atoms with van der Waals surface area (Å²) < 4.78 is 22.8. The second-order valence-corrected chi connectivity index (χ2v) is 5.16. The number of aryl methyl sites for hydroxylation is 1. The third-order valence-corrected chi connectivity index (χ3v) is 3.93. The van der Waals surface area contributed by atoms with E-state index in [1.165, 1.54) is 11.1 Å². The second-order valence-electron chi connectivity index (χ2n) is 5.16. The average Bonchev–Trinajstić information content (AvgIpc) is 2.85. The molecule has 2 aliphatic heterocycles. The maximum absolute atomic E-state index is 5.98. The molecule has 0 saturated carbocycles. The van der Waals surface area contributed by atoms with Gasteiger partial charge in [0.25, 0.3) is 0 Å².